The number of hydrogen-bond acceptors (Lipinski definition) is 4. The van der Waals surface area contributed by atoms with Crippen molar-refractivity contribution in [3.63, 3.8) is 0 Å². The number of methoxy groups -OCH3 is 1. The first-order valence-corrected chi connectivity index (χ1v) is 4.94. The molecule has 0 radical (unpaired) electrons. The van der Waals surface area contributed by atoms with E-state index in [1.165, 1.54) is 0 Å². The van der Waals surface area contributed by atoms with E-state index in [2.05, 4.69) is 20.9 Å². The van der Waals surface area contributed by atoms with Crippen LogP contribution in [0.2, 0.25) is 0 Å². The van der Waals surface area contributed by atoms with Crippen LogP contribution in [0.4, 0.5) is 0 Å². The first kappa shape index (κ1) is 11.4. The van der Waals surface area contributed by atoms with Crippen LogP contribution in [0.15, 0.2) is 16.7 Å². The van der Waals surface area contributed by atoms with E-state index in [0.717, 1.165) is 4.47 Å². The van der Waals surface area contributed by atoms with E-state index >= 15 is 0 Å². The van der Waals surface area contributed by atoms with E-state index in [0.29, 0.717) is 24.7 Å². The highest BCUT2D eigenvalue weighted by atomic mass is 79.9. The number of aromatic nitrogens is 1. The van der Waals surface area contributed by atoms with Gasteiger partial charge in [-0.2, -0.15) is 0 Å². The lowest BCUT2D eigenvalue weighted by molar-refractivity contribution is 0.141. The van der Waals surface area contributed by atoms with Crippen LogP contribution in [0, 0.1) is 0 Å². The average molecular weight is 262 g/mol. The number of aliphatic hydroxyl groups excluding tert-OH is 1. The van der Waals surface area contributed by atoms with Crippen molar-refractivity contribution >= 4 is 15.9 Å². The van der Waals surface area contributed by atoms with E-state index in [4.69, 9.17) is 14.6 Å². The molecular formula is C9H12BrNO3. The molecule has 0 atom stereocenters. The average Bonchev–Trinajstić information content (AvgIpc) is 2.20. The Morgan fingerprint density at radius 2 is 2.29 bits per heavy atom. The Bertz CT molecular complexity index is 293. The van der Waals surface area contributed by atoms with Gasteiger partial charge in [0.25, 0.3) is 0 Å². The summed E-state index contributed by atoms with van der Waals surface area (Å²) in [6, 6.07) is 1.77. The van der Waals surface area contributed by atoms with Gasteiger partial charge in [-0.15, -0.1) is 0 Å². The second-order valence-electron chi connectivity index (χ2n) is 2.62. The normalized spacial score (nSPS) is 10.2. The molecule has 14 heavy (non-hydrogen) atoms. The van der Waals surface area contributed by atoms with E-state index in [-0.39, 0.29) is 6.61 Å². The summed E-state index contributed by atoms with van der Waals surface area (Å²) < 4.78 is 11.0. The molecule has 0 saturated heterocycles. The Hall–Kier alpha value is -0.650. The third kappa shape index (κ3) is 3.25. The number of halogens is 1. The highest BCUT2D eigenvalue weighted by Crippen LogP contribution is 2.19. The molecule has 0 amide bonds. The van der Waals surface area contributed by atoms with Crippen molar-refractivity contribution in [3.05, 3.63) is 22.3 Å². The fourth-order valence-corrected chi connectivity index (χ4v) is 1.31. The van der Waals surface area contributed by atoms with Crippen molar-refractivity contribution in [2.24, 2.45) is 0 Å². The Labute approximate surface area is 91.0 Å². The number of nitrogens with zero attached hydrogens (tertiary/aromatic N) is 1. The molecule has 0 aliphatic heterocycles. The van der Waals surface area contributed by atoms with Gasteiger partial charge in [0, 0.05) is 23.3 Å². The molecule has 0 fully saturated rings. The number of rotatable bonds is 5. The zero-order valence-corrected chi connectivity index (χ0v) is 9.45. The summed E-state index contributed by atoms with van der Waals surface area (Å²) in [6.45, 7) is 0.843. The number of ether oxygens (including phenoxy) is 2. The van der Waals surface area contributed by atoms with Gasteiger partial charge in [0.05, 0.1) is 13.2 Å². The highest BCUT2D eigenvalue weighted by Gasteiger charge is 2.04. The maximum atomic E-state index is 9.03. The van der Waals surface area contributed by atoms with Gasteiger partial charge >= 0.3 is 0 Å². The summed E-state index contributed by atoms with van der Waals surface area (Å²) in [5.74, 6) is 0.452. The highest BCUT2D eigenvalue weighted by molar-refractivity contribution is 9.10. The quantitative estimate of drug-likeness (QED) is 0.814. The second-order valence-corrected chi connectivity index (χ2v) is 3.53. The Morgan fingerprint density at radius 3 is 2.93 bits per heavy atom. The van der Waals surface area contributed by atoms with Gasteiger partial charge in [0.2, 0.25) is 5.88 Å². The summed E-state index contributed by atoms with van der Waals surface area (Å²) in [6.07, 6.45) is 1.63. The molecule has 0 aromatic carbocycles. The molecule has 4 nitrogen and oxygen atoms in total. The Kier molecular flexibility index (Phi) is 4.86. The van der Waals surface area contributed by atoms with Crippen LogP contribution in [-0.4, -0.2) is 30.4 Å². The molecule has 1 rings (SSSR count). The van der Waals surface area contributed by atoms with Crippen molar-refractivity contribution < 1.29 is 14.6 Å². The van der Waals surface area contributed by atoms with Crippen LogP contribution in [0.3, 0.4) is 0 Å². The molecule has 1 heterocycles. The fraction of sp³-hybridized carbons (Fsp3) is 0.444. The van der Waals surface area contributed by atoms with Gasteiger partial charge in [0.1, 0.15) is 6.61 Å². The molecule has 0 unspecified atom stereocenters. The van der Waals surface area contributed by atoms with Crippen LogP contribution < -0.4 is 4.74 Å². The fourth-order valence-electron chi connectivity index (χ4n) is 0.934. The molecule has 0 aliphatic rings. The van der Waals surface area contributed by atoms with E-state index in [1.54, 1.807) is 19.4 Å². The first-order chi connectivity index (χ1) is 6.77. The monoisotopic (exact) mass is 261 g/mol. The first-order valence-electron chi connectivity index (χ1n) is 4.15. The zero-order valence-electron chi connectivity index (χ0n) is 7.86. The lowest BCUT2D eigenvalue weighted by Gasteiger charge is -2.08. The molecular weight excluding hydrogens is 250 g/mol. The predicted octanol–water partition coefficient (Wildman–Crippen LogP) is 1.36. The van der Waals surface area contributed by atoms with Crippen LogP contribution in [0.1, 0.15) is 5.56 Å². The molecule has 0 saturated carbocycles. The van der Waals surface area contributed by atoms with Crippen LogP contribution in [0.5, 0.6) is 5.88 Å². The van der Waals surface area contributed by atoms with Crippen molar-refractivity contribution in [1.29, 1.82) is 0 Å². The van der Waals surface area contributed by atoms with Crippen molar-refractivity contribution in [2.75, 3.05) is 20.3 Å². The predicted molar refractivity (Wildman–Crippen MR) is 55.2 cm³/mol. The minimum Gasteiger partial charge on any atom is -0.475 e. The largest absolute Gasteiger partial charge is 0.475 e. The van der Waals surface area contributed by atoms with Crippen molar-refractivity contribution in [1.82, 2.24) is 4.98 Å². The second kappa shape index (κ2) is 5.95. The third-order valence-corrected chi connectivity index (χ3v) is 2.02. The minimum atomic E-state index is -0.0885. The van der Waals surface area contributed by atoms with Gasteiger partial charge in [0.15, 0.2) is 0 Å². The number of pyridine rings is 1. The molecule has 0 spiro atoms. The molecule has 1 N–H and O–H groups in total. The van der Waals surface area contributed by atoms with Gasteiger partial charge in [-0.1, -0.05) is 0 Å². The number of hydrogen-bond donors (Lipinski definition) is 1. The van der Waals surface area contributed by atoms with Crippen molar-refractivity contribution in [2.45, 2.75) is 6.61 Å². The van der Waals surface area contributed by atoms with E-state index in [9.17, 15) is 0 Å². The Balaban J connectivity index is 2.65. The third-order valence-electron chi connectivity index (χ3n) is 1.59. The van der Waals surface area contributed by atoms with Crippen LogP contribution >= 0.6 is 15.9 Å². The van der Waals surface area contributed by atoms with E-state index in [1.807, 2.05) is 0 Å². The maximum Gasteiger partial charge on any atom is 0.219 e. The van der Waals surface area contributed by atoms with Crippen molar-refractivity contribution in [3.8, 4) is 5.88 Å². The smallest absolute Gasteiger partial charge is 0.219 e. The summed E-state index contributed by atoms with van der Waals surface area (Å²) in [5.41, 5.74) is 0.662. The molecule has 5 heteroatoms. The molecule has 1 aromatic rings. The molecule has 78 valence electrons. The van der Waals surface area contributed by atoms with Gasteiger partial charge in [-0.25, -0.2) is 4.98 Å². The number of aliphatic hydroxyl groups is 1. The Morgan fingerprint density at radius 1 is 1.50 bits per heavy atom. The van der Waals surface area contributed by atoms with Crippen LogP contribution in [-0.2, 0) is 11.3 Å². The topological polar surface area (TPSA) is 51.6 Å². The summed E-state index contributed by atoms with van der Waals surface area (Å²) >= 11 is 3.27. The molecule has 1 aromatic heterocycles. The summed E-state index contributed by atoms with van der Waals surface area (Å²) in [7, 11) is 1.60. The van der Waals surface area contributed by atoms with Gasteiger partial charge in [-0.3, -0.25) is 0 Å². The lowest BCUT2D eigenvalue weighted by Crippen LogP contribution is -2.07. The molecule has 0 aliphatic carbocycles. The minimum absolute atomic E-state index is 0.0885. The lowest BCUT2D eigenvalue weighted by atomic mass is 10.3. The van der Waals surface area contributed by atoms with E-state index < -0.39 is 0 Å². The summed E-state index contributed by atoms with van der Waals surface area (Å²) in [4.78, 5) is 4.04. The molecule has 0 bridgehead atoms. The summed E-state index contributed by atoms with van der Waals surface area (Å²) in [5, 5.41) is 9.03. The van der Waals surface area contributed by atoms with Crippen LogP contribution in [0.25, 0.3) is 0 Å². The van der Waals surface area contributed by atoms with Gasteiger partial charge in [-0.05, 0) is 22.0 Å². The SMILES string of the molecule is COCCOc1ncc(Br)cc1CO. The maximum absolute atomic E-state index is 9.03. The zero-order chi connectivity index (χ0) is 10.4. The van der Waals surface area contributed by atoms with Gasteiger partial charge < -0.3 is 14.6 Å². The standard InChI is InChI=1S/C9H12BrNO3/c1-13-2-3-14-9-7(6-12)4-8(10)5-11-9/h4-5,12H,2-3,6H2,1H3.